The van der Waals surface area contributed by atoms with Gasteiger partial charge in [-0.05, 0) is 31.2 Å². The number of hydrogen-bond acceptors (Lipinski definition) is 5. The van der Waals surface area contributed by atoms with Crippen molar-refractivity contribution in [1.29, 1.82) is 0 Å². The number of piperidine rings is 1. The summed E-state index contributed by atoms with van der Waals surface area (Å²) in [5.41, 5.74) is 3.28. The van der Waals surface area contributed by atoms with Gasteiger partial charge in [-0.1, -0.05) is 13.0 Å². The number of likely N-dealkylation sites (N-methyl/N-ethyl adjacent to an activating group) is 1. The molecular formula is C20H20N4O3. The van der Waals surface area contributed by atoms with Crippen molar-refractivity contribution < 1.29 is 14.4 Å². The van der Waals surface area contributed by atoms with Crippen molar-refractivity contribution in [2.75, 3.05) is 25.0 Å². The Morgan fingerprint density at radius 2 is 1.96 bits per heavy atom. The second-order valence-electron chi connectivity index (χ2n) is 8.09. The summed E-state index contributed by atoms with van der Waals surface area (Å²) < 4.78 is 0. The molecule has 0 bridgehead atoms. The SMILES string of the molecule is CN1CC(C)(c2ccc3c4c(ccnc24)N(C2CCC(=O)NC2=O)C3=O)C1. The van der Waals surface area contributed by atoms with Crippen LogP contribution in [-0.2, 0) is 15.0 Å². The first kappa shape index (κ1) is 16.4. The molecule has 4 heterocycles. The zero-order valence-corrected chi connectivity index (χ0v) is 15.3. The number of likely N-dealkylation sites (tertiary alicyclic amines) is 1. The molecule has 0 saturated carbocycles. The molecule has 5 rings (SSSR count). The summed E-state index contributed by atoms with van der Waals surface area (Å²) in [5, 5.41) is 3.17. The smallest absolute Gasteiger partial charge is 0.259 e. The number of nitrogens with one attached hydrogen (secondary N) is 1. The highest BCUT2D eigenvalue weighted by Crippen LogP contribution is 2.44. The second kappa shape index (κ2) is 5.36. The van der Waals surface area contributed by atoms with E-state index in [0.29, 0.717) is 17.7 Å². The highest BCUT2D eigenvalue weighted by Gasteiger charge is 2.44. The zero-order chi connectivity index (χ0) is 18.9. The Hall–Kier alpha value is -2.80. The predicted octanol–water partition coefficient (Wildman–Crippen LogP) is 1.20. The van der Waals surface area contributed by atoms with Crippen LogP contribution in [0.15, 0.2) is 24.4 Å². The molecule has 27 heavy (non-hydrogen) atoms. The quantitative estimate of drug-likeness (QED) is 0.810. The number of nitrogens with zero attached hydrogens (tertiary/aromatic N) is 3. The van der Waals surface area contributed by atoms with Gasteiger partial charge in [0.15, 0.2) is 0 Å². The Morgan fingerprint density at radius 3 is 2.67 bits per heavy atom. The van der Waals surface area contributed by atoms with Crippen molar-refractivity contribution in [2.24, 2.45) is 0 Å². The lowest BCUT2D eigenvalue weighted by Gasteiger charge is -2.46. The average Bonchev–Trinajstić information content (AvgIpc) is 2.88. The fourth-order valence-corrected chi connectivity index (χ4v) is 4.91. The van der Waals surface area contributed by atoms with E-state index in [1.54, 1.807) is 17.2 Å². The molecule has 1 N–H and O–H groups in total. The van der Waals surface area contributed by atoms with Crippen molar-refractivity contribution in [3.63, 3.8) is 0 Å². The molecule has 0 radical (unpaired) electrons. The number of carbonyl (C=O) groups is 3. The van der Waals surface area contributed by atoms with E-state index in [-0.39, 0.29) is 23.7 Å². The summed E-state index contributed by atoms with van der Waals surface area (Å²) in [5.74, 6) is -0.894. The van der Waals surface area contributed by atoms with Crippen molar-refractivity contribution in [2.45, 2.75) is 31.2 Å². The third-order valence-electron chi connectivity index (χ3n) is 5.99. The summed E-state index contributed by atoms with van der Waals surface area (Å²) in [6.07, 6.45) is 2.28. The number of anilines is 1. The fourth-order valence-electron chi connectivity index (χ4n) is 4.91. The maximum absolute atomic E-state index is 13.1. The number of benzene rings is 1. The molecule has 1 unspecified atom stereocenters. The number of rotatable bonds is 2. The Kier molecular flexibility index (Phi) is 3.25. The number of amides is 3. The van der Waals surface area contributed by atoms with Crippen LogP contribution >= 0.6 is 0 Å². The maximum Gasteiger partial charge on any atom is 0.259 e. The first-order chi connectivity index (χ1) is 12.9. The van der Waals surface area contributed by atoms with Crippen LogP contribution in [0.4, 0.5) is 5.69 Å². The predicted molar refractivity (Wildman–Crippen MR) is 99.6 cm³/mol. The van der Waals surface area contributed by atoms with Crippen LogP contribution in [0.1, 0.15) is 35.7 Å². The van der Waals surface area contributed by atoms with Crippen molar-refractivity contribution in [1.82, 2.24) is 15.2 Å². The minimum Gasteiger partial charge on any atom is -0.305 e. The van der Waals surface area contributed by atoms with Crippen molar-refractivity contribution >= 4 is 34.3 Å². The molecule has 3 aliphatic rings. The number of imide groups is 1. The molecule has 0 spiro atoms. The first-order valence-electron chi connectivity index (χ1n) is 9.17. The van der Waals surface area contributed by atoms with Gasteiger partial charge < -0.3 is 4.90 Å². The second-order valence-corrected chi connectivity index (χ2v) is 8.09. The number of carbonyl (C=O) groups excluding carboxylic acids is 3. The van der Waals surface area contributed by atoms with E-state index in [2.05, 4.69) is 29.2 Å². The topological polar surface area (TPSA) is 82.6 Å². The third-order valence-corrected chi connectivity index (χ3v) is 5.99. The first-order valence-corrected chi connectivity index (χ1v) is 9.17. The molecule has 2 saturated heterocycles. The van der Waals surface area contributed by atoms with E-state index in [0.717, 1.165) is 29.6 Å². The van der Waals surface area contributed by atoms with Crippen molar-refractivity contribution in [3.8, 4) is 0 Å². The molecule has 0 aliphatic carbocycles. The Bertz CT molecular complexity index is 1030. The molecule has 2 aromatic rings. The fraction of sp³-hybridized carbons (Fsp3) is 0.400. The molecule has 1 aromatic heterocycles. The van der Waals surface area contributed by atoms with Crippen molar-refractivity contribution in [3.05, 3.63) is 35.5 Å². The van der Waals surface area contributed by atoms with E-state index >= 15 is 0 Å². The van der Waals surface area contributed by atoms with Crippen LogP contribution in [0.25, 0.3) is 10.9 Å². The van der Waals surface area contributed by atoms with Gasteiger partial charge in [-0.15, -0.1) is 0 Å². The molecule has 3 aliphatic heterocycles. The van der Waals surface area contributed by atoms with E-state index in [1.165, 1.54) is 0 Å². The summed E-state index contributed by atoms with van der Waals surface area (Å²) in [4.78, 5) is 45.4. The third kappa shape index (κ3) is 2.18. The Morgan fingerprint density at radius 1 is 1.19 bits per heavy atom. The number of hydrogen-bond donors (Lipinski definition) is 1. The zero-order valence-electron chi connectivity index (χ0n) is 15.3. The van der Waals surface area contributed by atoms with E-state index in [4.69, 9.17) is 0 Å². The summed E-state index contributed by atoms with van der Waals surface area (Å²) in [6, 6.07) is 5.00. The molecule has 3 amide bonds. The largest absolute Gasteiger partial charge is 0.305 e. The minimum absolute atomic E-state index is 0.00397. The lowest BCUT2D eigenvalue weighted by molar-refractivity contribution is -0.134. The van der Waals surface area contributed by atoms with Crippen LogP contribution in [0, 0.1) is 0 Å². The number of pyridine rings is 1. The summed E-state index contributed by atoms with van der Waals surface area (Å²) in [6.45, 7) is 4.10. The molecular weight excluding hydrogens is 344 g/mol. The number of aromatic nitrogens is 1. The molecule has 1 aromatic carbocycles. The van der Waals surface area contributed by atoms with Gasteiger partial charge >= 0.3 is 0 Å². The van der Waals surface area contributed by atoms with E-state index in [9.17, 15) is 14.4 Å². The normalized spacial score (nSPS) is 24.3. The van der Waals surface area contributed by atoms with Gasteiger partial charge in [0, 0.05) is 36.5 Å². The highest BCUT2D eigenvalue weighted by molar-refractivity contribution is 6.27. The van der Waals surface area contributed by atoms with Gasteiger partial charge in [-0.25, -0.2) is 0 Å². The highest BCUT2D eigenvalue weighted by atomic mass is 16.2. The van der Waals surface area contributed by atoms with Gasteiger partial charge in [0.25, 0.3) is 5.91 Å². The van der Waals surface area contributed by atoms with Crippen LogP contribution < -0.4 is 10.2 Å². The monoisotopic (exact) mass is 364 g/mol. The minimum atomic E-state index is -0.665. The molecule has 138 valence electrons. The van der Waals surface area contributed by atoms with E-state index < -0.39 is 11.9 Å². The Labute approximate surface area is 156 Å². The summed E-state index contributed by atoms with van der Waals surface area (Å²) in [7, 11) is 2.09. The Balaban J connectivity index is 1.65. The molecule has 7 nitrogen and oxygen atoms in total. The van der Waals surface area contributed by atoms with Gasteiger partial charge in [-0.2, -0.15) is 0 Å². The van der Waals surface area contributed by atoms with Crippen LogP contribution in [-0.4, -0.2) is 53.8 Å². The van der Waals surface area contributed by atoms with E-state index in [1.807, 2.05) is 12.1 Å². The van der Waals surface area contributed by atoms with Gasteiger partial charge in [0.1, 0.15) is 6.04 Å². The van der Waals surface area contributed by atoms with Crippen LogP contribution in [0.2, 0.25) is 0 Å². The standard InChI is InChI=1S/C20H20N4O3/c1-20(9-23(2)10-20)12-4-3-11-16-13(7-8-21-17(12)16)24(19(11)27)14-5-6-15(25)22-18(14)26/h3-4,7-8,14H,5-6,9-10H2,1-2H3,(H,22,25,26). The molecule has 1 atom stereocenters. The lowest BCUT2D eigenvalue weighted by Crippen LogP contribution is -2.55. The van der Waals surface area contributed by atoms with Gasteiger partial charge in [-0.3, -0.25) is 29.6 Å². The lowest BCUT2D eigenvalue weighted by atomic mass is 9.74. The maximum atomic E-state index is 13.1. The molecule has 2 fully saturated rings. The van der Waals surface area contributed by atoms with Gasteiger partial charge in [0.2, 0.25) is 11.8 Å². The van der Waals surface area contributed by atoms with Crippen LogP contribution in [0.3, 0.4) is 0 Å². The average molecular weight is 364 g/mol. The summed E-state index contributed by atoms with van der Waals surface area (Å²) >= 11 is 0. The molecule has 7 heteroatoms. The van der Waals surface area contributed by atoms with Crippen LogP contribution in [0.5, 0.6) is 0 Å². The van der Waals surface area contributed by atoms with Gasteiger partial charge in [0.05, 0.1) is 16.8 Å².